The molecule has 5 atom stereocenters. The van der Waals surface area contributed by atoms with E-state index in [1.807, 2.05) is 13.2 Å². The van der Waals surface area contributed by atoms with Gasteiger partial charge < -0.3 is 44.0 Å². The van der Waals surface area contributed by atoms with Gasteiger partial charge in [-0.05, 0) is 56.6 Å². The maximum Gasteiger partial charge on any atom is 0.326 e. The van der Waals surface area contributed by atoms with Crippen molar-refractivity contribution < 1.29 is 24.3 Å². The molecule has 0 heterocycles. The molecule has 0 aromatic rings. The van der Waals surface area contributed by atoms with Crippen molar-refractivity contribution in [1.29, 1.82) is 0 Å². The number of aliphatic imine (C=N–C) groups is 1. The maximum atomic E-state index is 13.2. The molecule has 0 aliphatic rings. The minimum absolute atomic E-state index is 0.0879. The molecule has 0 fully saturated rings. The van der Waals surface area contributed by atoms with Gasteiger partial charge in [-0.25, -0.2) is 4.79 Å². The molecule has 5 unspecified atom stereocenters. The maximum absolute atomic E-state index is 13.2. The molecule has 13 nitrogen and oxygen atoms in total. The molecule has 0 aliphatic carbocycles. The highest BCUT2D eigenvalue weighted by molar-refractivity contribution is 7.98. The molecule has 0 saturated carbocycles. The zero-order valence-electron chi connectivity index (χ0n) is 22.2. The molecule has 0 radical (unpaired) electrons. The van der Waals surface area contributed by atoms with E-state index in [4.69, 9.17) is 22.9 Å². The van der Waals surface area contributed by atoms with Crippen LogP contribution in [-0.2, 0) is 19.2 Å². The third kappa shape index (κ3) is 14.7. The number of thioether (sulfide) groups is 1. The summed E-state index contributed by atoms with van der Waals surface area (Å²) in [6.07, 6.45) is 5.08. The number of nitrogens with one attached hydrogen (secondary N) is 3. The Balaban J connectivity index is 5.56. The molecule has 37 heavy (non-hydrogen) atoms. The monoisotopic (exact) mass is 546 g/mol. The molecular weight excluding hydrogens is 500 g/mol. The van der Waals surface area contributed by atoms with E-state index in [0.717, 1.165) is 6.42 Å². The van der Waals surface area contributed by atoms with Crippen LogP contribution in [0.3, 0.4) is 0 Å². The van der Waals surface area contributed by atoms with Gasteiger partial charge in [-0.2, -0.15) is 11.8 Å². The quantitative estimate of drug-likeness (QED) is 0.0517. The average Bonchev–Trinajstić information content (AvgIpc) is 2.85. The van der Waals surface area contributed by atoms with E-state index >= 15 is 0 Å². The van der Waals surface area contributed by atoms with Crippen LogP contribution in [0, 0.1) is 5.92 Å². The fraction of sp³-hybridized carbons (Fsp3) is 0.783. The summed E-state index contributed by atoms with van der Waals surface area (Å²) in [4.78, 5) is 54.4. The number of guanidine groups is 1. The Labute approximate surface area is 223 Å². The summed E-state index contributed by atoms with van der Waals surface area (Å²) in [5.74, 6) is -2.66. The van der Waals surface area contributed by atoms with Crippen LogP contribution in [0.25, 0.3) is 0 Å². The normalized spacial score (nSPS) is 14.9. The number of amides is 3. The summed E-state index contributed by atoms with van der Waals surface area (Å²) in [5.41, 5.74) is 22.2. The van der Waals surface area contributed by atoms with Crippen LogP contribution in [0.5, 0.6) is 0 Å². The molecule has 12 N–H and O–H groups in total. The Morgan fingerprint density at radius 1 is 0.919 bits per heavy atom. The lowest BCUT2D eigenvalue weighted by atomic mass is 9.98. The van der Waals surface area contributed by atoms with Gasteiger partial charge >= 0.3 is 5.97 Å². The Morgan fingerprint density at radius 3 is 2.05 bits per heavy atom. The minimum atomic E-state index is -1.15. The van der Waals surface area contributed by atoms with Crippen LogP contribution in [0.15, 0.2) is 4.99 Å². The molecular formula is C23H46N8O5S. The van der Waals surface area contributed by atoms with Crippen molar-refractivity contribution in [2.75, 3.05) is 25.1 Å². The first-order valence-electron chi connectivity index (χ1n) is 12.6. The van der Waals surface area contributed by atoms with Gasteiger partial charge in [0.2, 0.25) is 17.7 Å². The minimum Gasteiger partial charge on any atom is -0.480 e. The SMILES string of the molecule is CCC(C)C(NC(=O)C(CCSC)NC(=O)C(CCCN=C(N)N)NC(=O)C(N)CCCCN)C(=O)O. The molecule has 0 aromatic heterocycles. The lowest BCUT2D eigenvalue weighted by Crippen LogP contribution is -2.57. The van der Waals surface area contributed by atoms with Crippen molar-refractivity contribution in [3.63, 3.8) is 0 Å². The number of unbranched alkanes of at least 4 members (excludes halogenated alkanes) is 1. The Hall–Kier alpha value is -2.58. The van der Waals surface area contributed by atoms with E-state index in [2.05, 4.69) is 20.9 Å². The third-order valence-electron chi connectivity index (χ3n) is 5.90. The van der Waals surface area contributed by atoms with Gasteiger partial charge in [-0.15, -0.1) is 0 Å². The molecule has 14 heteroatoms. The van der Waals surface area contributed by atoms with E-state index < -0.39 is 47.9 Å². The first-order chi connectivity index (χ1) is 17.5. The van der Waals surface area contributed by atoms with E-state index in [9.17, 15) is 24.3 Å². The molecule has 0 rings (SSSR count). The number of carboxylic acid groups (broad SMARTS) is 1. The first kappa shape index (κ1) is 34.4. The van der Waals surface area contributed by atoms with Crippen LogP contribution in [0.2, 0.25) is 0 Å². The third-order valence-corrected chi connectivity index (χ3v) is 6.55. The zero-order chi connectivity index (χ0) is 28.4. The van der Waals surface area contributed by atoms with Gasteiger partial charge in [0.25, 0.3) is 0 Å². The van der Waals surface area contributed by atoms with E-state index in [1.54, 1.807) is 6.92 Å². The number of aliphatic carboxylic acids is 1. The summed E-state index contributed by atoms with van der Waals surface area (Å²) in [5, 5.41) is 17.4. The van der Waals surface area contributed by atoms with Crippen molar-refractivity contribution in [3.05, 3.63) is 0 Å². The Kier molecular flexibility index (Phi) is 18.2. The average molecular weight is 547 g/mol. The summed E-state index contributed by atoms with van der Waals surface area (Å²) in [6.45, 7) is 4.29. The summed E-state index contributed by atoms with van der Waals surface area (Å²) in [6, 6.07) is -3.88. The standard InChI is InChI=1S/C23H46N8O5S/c1-4-14(2)18(22(35)36)31-21(34)17(10-13-37-3)30-20(33)16(9-7-12-28-23(26)27)29-19(32)15(25)8-5-6-11-24/h14-18H,4-13,24-25H2,1-3H3,(H,29,32)(H,30,33)(H,31,34)(H,35,36)(H4,26,27,28). The van der Waals surface area contributed by atoms with Crippen molar-refractivity contribution in [2.45, 2.75) is 83.0 Å². The Bertz CT molecular complexity index is 751. The van der Waals surface area contributed by atoms with E-state index in [-0.39, 0.29) is 31.3 Å². The predicted octanol–water partition coefficient (Wildman–Crippen LogP) is -1.17. The number of hydrogen-bond donors (Lipinski definition) is 8. The van der Waals surface area contributed by atoms with Crippen molar-refractivity contribution in [1.82, 2.24) is 16.0 Å². The largest absolute Gasteiger partial charge is 0.480 e. The highest BCUT2D eigenvalue weighted by atomic mass is 32.2. The molecule has 3 amide bonds. The van der Waals surface area contributed by atoms with Crippen molar-refractivity contribution >= 4 is 41.4 Å². The number of carbonyl (C=O) groups is 4. The van der Waals surface area contributed by atoms with Crippen LogP contribution in [0.1, 0.15) is 58.8 Å². The van der Waals surface area contributed by atoms with Gasteiger partial charge in [-0.1, -0.05) is 26.7 Å². The van der Waals surface area contributed by atoms with Crippen LogP contribution in [-0.4, -0.2) is 84.0 Å². The van der Waals surface area contributed by atoms with Crippen molar-refractivity contribution in [2.24, 2.45) is 33.8 Å². The second-order valence-corrected chi connectivity index (χ2v) is 9.94. The highest BCUT2D eigenvalue weighted by Crippen LogP contribution is 2.10. The van der Waals surface area contributed by atoms with Gasteiger partial charge in [0, 0.05) is 6.54 Å². The number of rotatable bonds is 20. The molecule has 214 valence electrons. The topological polar surface area (TPSA) is 241 Å². The summed E-state index contributed by atoms with van der Waals surface area (Å²) >= 11 is 1.48. The molecule has 0 aromatic carbocycles. The summed E-state index contributed by atoms with van der Waals surface area (Å²) < 4.78 is 0. The van der Waals surface area contributed by atoms with Gasteiger partial charge in [0.05, 0.1) is 6.04 Å². The molecule has 0 aliphatic heterocycles. The second kappa shape index (κ2) is 19.5. The number of carbonyl (C=O) groups excluding carboxylic acids is 3. The fourth-order valence-corrected chi connectivity index (χ4v) is 3.88. The highest BCUT2D eigenvalue weighted by Gasteiger charge is 2.31. The smallest absolute Gasteiger partial charge is 0.326 e. The lowest BCUT2D eigenvalue weighted by molar-refractivity contribution is -0.143. The first-order valence-corrected chi connectivity index (χ1v) is 14.0. The number of nitrogens with two attached hydrogens (primary N) is 4. The van der Waals surface area contributed by atoms with Gasteiger partial charge in [-0.3, -0.25) is 19.4 Å². The number of carboxylic acids is 1. The van der Waals surface area contributed by atoms with Gasteiger partial charge in [0.15, 0.2) is 5.96 Å². The van der Waals surface area contributed by atoms with Crippen LogP contribution in [0.4, 0.5) is 0 Å². The second-order valence-electron chi connectivity index (χ2n) is 8.95. The number of nitrogens with zero attached hydrogens (tertiary/aromatic N) is 1. The molecule has 0 saturated heterocycles. The zero-order valence-corrected chi connectivity index (χ0v) is 23.0. The molecule has 0 bridgehead atoms. The number of hydrogen-bond acceptors (Lipinski definition) is 8. The predicted molar refractivity (Wildman–Crippen MR) is 147 cm³/mol. The molecule has 0 spiro atoms. The van der Waals surface area contributed by atoms with E-state index in [1.165, 1.54) is 11.8 Å². The van der Waals surface area contributed by atoms with Crippen LogP contribution < -0.4 is 38.9 Å². The summed E-state index contributed by atoms with van der Waals surface area (Å²) in [7, 11) is 0. The lowest BCUT2D eigenvalue weighted by Gasteiger charge is -2.26. The van der Waals surface area contributed by atoms with Crippen molar-refractivity contribution in [3.8, 4) is 0 Å². The van der Waals surface area contributed by atoms with Gasteiger partial charge in [0.1, 0.15) is 18.1 Å². The van der Waals surface area contributed by atoms with E-state index in [0.29, 0.717) is 38.0 Å². The Morgan fingerprint density at radius 2 is 1.51 bits per heavy atom. The fourth-order valence-electron chi connectivity index (χ4n) is 3.40. The van der Waals surface area contributed by atoms with Crippen LogP contribution >= 0.6 is 11.8 Å².